The Kier molecular flexibility index (Phi) is 4.92. The third kappa shape index (κ3) is 2.88. The molecule has 1 saturated heterocycles. The van der Waals surface area contributed by atoms with Crippen molar-refractivity contribution >= 4 is 49.5 Å². The zero-order valence-electron chi connectivity index (χ0n) is 20.4. The summed E-state index contributed by atoms with van der Waals surface area (Å²) in [5.41, 5.74) is 4.82. The van der Waals surface area contributed by atoms with Crippen LogP contribution >= 0.6 is 0 Å². The van der Waals surface area contributed by atoms with Gasteiger partial charge in [-0.3, -0.25) is 4.79 Å². The fraction of sp³-hybridized carbons (Fsp3) is 0.321. The Hall–Kier alpha value is -3.47. The maximum atomic E-state index is 13.6. The second kappa shape index (κ2) is 8.01. The highest BCUT2D eigenvalue weighted by atomic mass is 16.6. The van der Waals surface area contributed by atoms with E-state index in [1.54, 1.807) is 11.9 Å². The zero-order valence-corrected chi connectivity index (χ0v) is 20.4. The number of benzene rings is 3. The monoisotopic (exact) mass is 501 g/mol. The average molecular weight is 502 g/mol. The van der Waals surface area contributed by atoms with Gasteiger partial charge in [0.1, 0.15) is 24.4 Å². The van der Waals surface area contributed by atoms with Gasteiger partial charge in [-0.15, -0.1) is 0 Å². The van der Waals surface area contributed by atoms with Crippen LogP contribution in [0.5, 0.6) is 0 Å². The fourth-order valence-corrected chi connectivity index (χ4v) is 6.40. The van der Waals surface area contributed by atoms with E-state index in [0.29, 0.717) is 17.6 Å². The topological polar surface area (TPSA) is 120 Å². The molecule has 7 rings (SSSR count). The van der Waals surface area contributed by atoms with Crippen LogP contribution < -0.4 is 0 Å². The number of aromatic amines is 1. The maximum Gasteiger partial charge on any atom is 0.254 e. The largest absolute Gasteiger partial charge is 0.394 e. The minimum absolute atomic E-state index is 0.0621. The first kappa shape index (κ1) is 22.7. The molecule has 0 radical (unpaired) electrons. The molecule has 37 heavy (non-hydrogen) atoms. The van der Waals surface area contributed by atoms with Gasteiger partial charge in [0.25, 0.3) is 5.91 Å². The molecule has 3 aromatic carbocycles. The number of aromatic nitrogens is 2. The molecule has 2 aromatic heterocycles. The lowest BCUT2D eigenvalue weighted by atomic mass is 9.96. The minimum Gasteiger partial charge on any atom is -0.394 e. The number of amides is 1. The predicted molar refractivity (Wildman–Crippen MR) is 138 cm³/mol. The quantitative estimate of drug-likeness (QED) is 0.302. The van der Waals surface area contributed by atoms with E-state index < -0.39 is 37.3 Å². The SMILES string of the molecule is COC1C(CO)OC(n2c3ccccc3c3c4c(c5c6ccccc6[nH]c5c32)CN(C)C4=O)C(O)C1O. The Morgan fingerprint density at radius 3 is 2.54 bits per heavy atom. The molecule has 9 nitrogen and oxygen atoms in total. The van der Waals surface area contributed by atoms with E-state index in [4.69, 9.17) is 9.47 Å². The van der Waals surface area contributed by atoms with Crippen molar-refractivity contribution < 1.29 is 29.6 Å². The second-order valence-electron chi connectivity index (χ2n) is 9.98. The first-order valence-electron chi connectivity index (χ1n) is 12.3. The van der Waals surface area contributed by atoms with Crippen LogP contribution in [-0.2, 0) is 16.0 Å². The van der Waals surface area contributed by atoms with E-state index in [0.717, 1.165) is 43.7 Å². The van der Waals surface area contributed by atoms with Gasteiger partial charge in [0, 0.05) is 47.8 Å². The highest BCUT2D eigenvalue weighted by Gasteiger charge is 2.46. The number of nitrogens with one attached hydrogen (secondary N) is 1. The summed E-state index contributed by atoms with van der Waals surface area (Å²) >= 11 is 0. The van der Waals surface area contributed by atoms with Crippen molar-refractivity contribution in [3.8, 4) is 0 Å². The summed E-state index contributed by atoms with van der Waals surface area (Å²) in [7, 11) is 3.21. The van der Waals surface area contributed by atoms with Crippen molar-refractivity contribution in [3.63, 3.8) is 0 Å². The molecule has 9 heteroatoms. The number of methoxy groups -OCH3 is 1. The molecule has 5 aromatic rings. The molecular weight excluding hydrogens is 474 g/mol. The molecule has 0 bridgehead atoms. The second-order valence-corrected chi connectivity index (χ2v) is 9.98. The van der Waals surface area contributed by atoms with E-state index in [2.05, 4.69) is 4.98 Å². The lowest BCUT2D eigenvalue weighted by molar-refractivity contribution is -0.255. The summed E-state index contributed by atoms with van der Waals surface area (Å²) in [4.78, 5) is 18.9. The van der Waals surface area contributed by atoms with Gasteiger partial charge >= 0.3 is 0 Å². The van der Waals surface area contributed by atoms with Crippen LogP contribution in [0.1, 0.15) is 22.1 Å². The van der Waals surface area contributed by atoms with Gasteiger partial charge in [0.2, 0.25) is 0 Å². The van der Waals surface area contributed by atoms with Crippen LogP contribution in [0.15, 0.2) is 48.5 Å². The molecule has 4 N–H and O–H groups in total. The third-order valence-electron chi connectivity index (χ3n) is 8.03. The number of hydrogen-bond donors (Lipinski definition) is 4. The van der Waals surface area contributed by atoms with E-state index in [-0.39, 0.29) is 5.91 Å². The number of ether oxygens (including phenoxy) is 2. The summed E-state index contributed by atoms with van der Waals surface area (Å²) in [5.74, 6) is -0.0621. The predicted octanol–water partition coefficient (Wildman–Crippen LogP) is 2.64. The average Bonchev–Trinajstić information content (AvgIpc) is 3.55. The number of aliphatic hydroxyl groups is 3. The van der Waals surface area contributed by atoms with E-state index >= 15 is 0 Å². The van der Waals surface area contributed by atoms with Gasteiger partial charge < -0.3 is 39.2 Å². The summed E-state index contributed by atoms with van der Waals surface area (Å²) in [6.45, 7) is 0.0989. The molecular formula is C28H27N3O6. The first-order valence-corrected chi connectivity index (χ1v) is 12.3. The number of carbonyl (C=O) groups is 1. The Morgan fingerprint density at radius 2 is 1.78 bits per heavy atom. The Bertz CT molecular complexity index is 1720. The van der Waals surface area contributed by atoms with Crippen molar-refractivity contribution in [1.82, 2.24) is 14.5 Å². The van der Waals surface area contributed by atoms with Gasteiger partial charge in [-0.2, -0.15) is 0 Å². The molecule has 2 aliphatic rings. The molecule has 5 atom stereocenters. The molecule has 0 spiro atoms. The van der Waals surface area contributed by atoms with Crippen molar-refractivity contribution in [2.45, 2.75) is 37.2 Å². The summed E-state index contributed by atoms with van der Waals surface area (Å²) < 4.78 is 13.5. The number of nitrogens with zero attached hydrogens (tertiary/aromatic N) is 2. The highest BCUT2D eigenvalue weighted by Crippen LogP contribution is 2.47. The summed E-state index contributed by atoms with van der Waals surface area (Å²) in [6.07, 6.45) is -5.43. The molecule has 4 heterocycles. The van der Waals surface area contributed by atoms with Crippen LogP contribution in [0.25, 0.3) is 43.6 Å². The van der Waals surface area contributed by atoms with Gasteiger partial charge in [-0.1, -0.05) is 36.4 Å². The van der Waals surface area contributed by atoms with Gasteiger partial charge in [-0.05, 0) is 17.7 Å². The van der Waals surface area contributed by atoms with Gasteiger partial charge in [0.15, 0.2) is 6.23 Å². The van der Waals surface area contributed by atoms with E-state index in [1.807, 2.05) is 53.1 Å². The lowest BCUT2D eigenvalue weighted by Crippen LogP contribution is -2.57. The van der Waals surface area contributed by atoms with Gasteiger partial charge in [0.05, 0.1) is 28.7 Å². The number of carbonyl (C=O) groups excluding carboxylic acids is 1. The zero-order chi connectivity index (χ0) is 25.6. The normalized spacial score (nSPS) is 26.2. The molecule has 2 aliphatic heterocycles. The van der Waals surface area contributed by atoms with Crippen molar-refractivity contribution in [2.24, 2.45) is 0 Å². The number of aliphatic hydroxyl groups excluding tert-OH is 3. The van der Waals surface area contributed by atoms with Crippen LogP contribution in [0.3, 0.4) is 0 Å². The van der Waals surface area contributed by atoms with Crippen LogP contribution in [0, 0.1) is 0 Å². The van der Waals surface area contributed by atoms with Gasteiger partial charge in [-0.25, -0.2) is 0 Å². The minimum atomic E-state index is -1.35. The third-order valence-corrected chi connectivity index (χ3v) is 8.03. The number of fused-ring (bicyclic) bond motifs is 10. The van der Waals surface area contributed by atoms with E-state index in [9.17, 15) is 20.1 Å². The molecule has 0 saturated carbocycles. The Morgan fingerprint density at radius 1 is 1.05 bits per heavy atom. The lowest BCUT2D eigenvalue weighted by Gasteiger charge is -2.42. The maximum absolute atomic E-state index is 13.6. The fourth-order valence-electron chi connectivity index (χ4n) is 6.40. The van der Waals surface area contributed by atoms with Crippen LogP contribution in [-0.4, -0.2) is 80.9 Å². The Balaban J connectivity index is 1.66. The number of hydrogen-bond acceptors (Lipinski definition) is 6. The molecule has 1 fully saturated rings. The molecule has 1 amide bonds. The molecule has 5 unspecified atom stereocenters. The summed E-state index contributed by atoms with van der Waals surface area (Å²) in [6, 6.07) is 15.7. The molecule has 0 aliphatic carbocycles. The van der Waals surface area contributed by atoms with Crippen molar-refractivity contribution in [2.75, 3.05) is 20.8 Å². The van der Waals surface area contributed by atoms with Crippen LogP contribution in [0.2, 0.25) is 0 Å². The molecule has 190 valence electrons. The highest BCUT2D eigenvalue weighted by molar-refractivity contribution is 6.30. The van der Waals surface area contributed by atoms with Crippen LogP contribution in [0.4, 0.5) is 0 Å². The van der Waals surface area contributed by atoms with E-state index in [1.165, 1.54) is 7.11 Å². The first-order chi connectivity index (χ1) is 18.0. The standard InChI is InChI=1S/C28H27N3O6/c1-30-11-15-19-13-7-3-5-9-16(13)29-22(19)23-20(21(15)27(30)35)14-8-4-6-10-17(14)31(23)28-25(34)24(33)26(36-2)18(12-32)37-28/h3-10,18,24-26,28-29,32-34H,11-12H2,1-2H3. The van der Waals surface area contributed by atoms with Crippen molar-refractivity contribution in [3.05, 3.63) is 59.7 Å². The number of H-pyrrole nitrogens is 1. The Labute approximate surface area is 211 Å². The smallest absolute Gasteiger partial charge is 0.254 e. The van der Waals surface area contributed by atoms with Crippen molar-refractivity contribution in [1.29, 1.82) is 0 Å². The summed E-state index contributed by atoms with van der Waals surface area (Å²) in [5, 5.41) is 35.9. The number of para-hydroxylation sites is 2. The number of rotatable bonds is 3.